The first-order chi connectivity index (χ1) is 66.4. The van der Waals surface area contributed by atoms with Gasteiger partial charge in [0.15, 0.2) is 0 Å². The largest absolute Gasteiger partial charge is 0.497 e. The molecule has 1 saturated carbocycles. The predicted molar refractivity (Wildman–Crippen MR) is 612 cm³/mol. The average Bonchev–Trinajstić information content (AvgIpc) is 1.74. The average molecular weight is 2050 g/mol. The fourth-order valence-electron chi connectivity index (χ4n) is 16.8. The molecular formula is C124H174N4O6P4Pd. The maximum Gasteiger partial charge on any atom is 0.332 e. The normalized spacial score (nSPS) is 13.1. The Morgan fingerprint density at radius 1 is 0.432 bits per heavy atom. The van der Waals surface area contributed by atoms with Crippen LogP contribution in [-0.4, -0.2) is 61.1 Å². The number of methoxy groups -OCH3 is 3. The number of hydrogen-bond acceptors (Lipinski definition) is 10. The number of allylic oxidation sites excluding steroid dienone is 11. The smallest absolute Gasteiger partial charge is 0.332 e. The van der Waals surface area contributed by atoms with E-state index in [1.54, 1.807) is 32.5 Å². The fraction of sp³-hybridized carbons (Fsp3) is 0.427. The third-order valence-electron chi connectivity index (χ3n) is 24.5. The molecule has 13 rings (SSSR count). The van der Waals surface area contributed by atoms with Gasteiger partial charge in [0.25, 0.3) is 0 Å². The molecule has 2 atom stereocenters. The molecule has 0 bridgehead atoms. The molecule has 0 N–H and O–H groups in total. The van der Waals surface area contributed by atoms with Gasteiger partial charge in [-0.2, -0.15) is 0 Å². The van der Waals surface area contributed by atoms with Crippen molar-refractivity contribution in [2.45, 2.75) is 299 Å². The van der Waals surface area contributed by atoms with Gasteiger partial charge >= 0.3 is 8.60 Å². The summed E-state index contributed by atoms with van der Waals surface area (Å²) in [6.45, 7) is 57.2. The van der Waals surface area contributed by atoms with E-state index in [0.29, 0.717) is 11.8 Å². The minimum atomic E-state index is -1.12. The van der Waals surface area contributed by atoms with Gasteiger partial charge in [0, 0.05) is 66.9 Å². The Labute approximate surface area is 863 Å². The molecule has 3 aliphatic rings. The SMILES string of the molecule is C=C(C)CCC/C=C(\C)CC.C=CC(C)CC/C(C)=C/CC.C=CC(C)CC/C=C(\C)CC.CCC.CCCCOP(OCCCC)OCCCC.COc1cc(C)c(P(c2c(C)cc(OC)cc2C)c2c(C)cc(OC)cc2C)c(C)c1.[CH3-].[Pd].c1ccc(-p2c(-c3ccccn3)c3c(c2-c2ccccn2)CCCC3)cc1.c1ccc([PH+]2C(c3ccccn3)=C3CCCCC3=C2c2ccccn2)cc1. The van der Waals surface area contributed by atoms with E-state index in [9.17, 15) is 0 Å². The van der Waals surface area contributed by atoms with Gasteiger partial charge < -0.3 is 35.2 Å². The van der Waals surface area contributed by atoms with E-state index < -0.39 is 32.0 Å². The summed E-state index contributed by atoms with van der Waals surface area (Å²) in [6, 6.07) is 60.1. The van der Waals surface area contributed by atoms with Gasteiger partial charge in [0.2, 0.25) is 0 Å². The molecule has 0 spiro atoms. The van der Waals surface area contributed by atoms with Crippen molar-refractivity contribution in [2.24, 2.45) is 11.8 Å². The van der Waals surface area contributed by atoms with Gasteiger partial charge in [-0.25, -0.2) is 0 Å². The summed E-state index contributed by atoms with van der Waals surface area (Å²) >= 11 is 0. The van der Waals surface area contributed by atoms with E-state index in [4.69, 9.17) is 47.7 Å². The van der Waals surface area contributed by atoms with Crippen LogP contribution in [0, 0.1) is 60.8 Å². The van der Waals surface area contributed by atoms with Gasteiger partial charge in [-0.1, -0.05) is 228 Å². The van der Waals surface area contributed by atoms with Crippen LogP contribution in [-0.2, 0) is 46.8 Å². The zero-order valence-corrected chi connectivity index (χ0v) is 95.1. The zero-order chi connectivity index (χ0) is 99.8. The van der Waals surface area contributed by atoms with Crippen LogP contribution in [0.2, 0.25) is 0 Å². The first kappa shape index (κ1) is 123. The molecule has 0 radical (unpaired) electrons. The van der Waals surface area contributed by atoms with Gasteiger partial charge in [0.1, 0.15) is 52.5 Å². The summed E-state index contributed by atoms with van der Waals surface area (Å²) in [5, 5.41) is 12.9. The number of benzene rings is 5. The number of hydrogen-bond donors (Lipinski definition) is 0. The van der Waals surface area contributed by atoms with E-state index >= 15 is 0 Å². The molecule has 0 amide bonds. The number of aromatic nitrogens is 4. The maximum absolute atomic E-state index is 5.60. The van der Waals surface area contributed by atoms with Crippen LogP contribution in [0.3, 0.4) is 0 Å². The molecule has 1 fully saturated rings. The molecular weight excluding hydrogens is 1870 g/mol. The van der Waals surface area contributed by atoms with Crippen molar-refractivity contribution >= 4 is 63.8 Å². The quantitative estimate of drug-likeness (QED) is 0.0122. The number of unbranched alkanes of at least 4 members (excludes halogenated alkanes) is 4. The molecule has 6 heterocycles. The van der Waals surface area contributed by atoms with E-state index in [1.165, 1.54) is 217 Å². The number of pyridine rings is 4. The second-order valence-electron chi connectivity index (χ2n) is 36.4. The molecule has 139 heavy (non-hydrogen) atoms. The molecule has 15 heteroatoms. The van der Waals surface area contributed by atoms with E-state index in [-0.39, 0.29) is 27.8 Å². The summed E-state index contributed by atoms with van der Waals surface area (Å²) in [5.74, 6) is 4.03. The summed E-state index contributed by atoms with van der Waals surface area (Å²) in [6.07, 6.45) is 48.4. The van der Waals surface area contributed by atoms with Gasteiger partial charge in [-0.05, 0) is 387 Å². The van der Waals surface area contributed by atoms with Crippen molar-refractivity contribution in [3.63, 3.8) is 0 Å². The first-order valence-corrected chi connectivity index (χ1v) is 56.4. The predicted octanol–water partition coefficient (Wildman–Crippen LogP) is 36.2. The van der Waals surface area contributed by atoms with Gasteiger partial charge in [-0.15, -0.1) is 19.7 Å². The van der Waals surface area contributed by atoms with Crippen molar-refractivity contribution in [2.75, 3.05) is 41.2 Å². The second-order valence-corrected chi connectivity index (χ2v) is 44.0. The van der Waals surface area contributed by atoms with Gasteiger partial charge in [0.05, 0.1) is 52.5 Å². The van der Waals surface area contributed by atoms with Crippen LogP contribution >= 0.6 is 32.0 Å². The molecule has 2 unspecified atom stereocenters. The standard InChI is InChI=1S/C27H33O3P.2C24H21N2P.C12H27O3P.3C11H20.C3H8.CH3.Pd/c1-16-10-22(28-7)11-17(2)25(16)31(26-18(3)12-23(29-8)13-19(26)4)27-20(5)14-24(30-9)15-21(27)6;2*1-2-10-18(11-3-1)27-23(21-14-6-8-16-25-21)19-12-4-5-13-20(19)24(27)22-15-7-9-17-26-22;1-4-7-10-13-16(14-11-8-5-2)15-12-9-6-3;1-5-11(4)9-7-6-8-10(2)3;1-5-10(3)8-7-9-11(4)6-2;1-5-7-11(4)9-8-10(3)6-2;1-3-2;;/h10-15H,1-9H3;2*1-3,6-11,14-17H,4-5,12-13H2;4-12H2,1-3H3;9H,2,5-8H2,1,3-4H3;5,9-10H,1,6-8H2,2-4H3;6-7,10H,2,5,8-9H2,1,3-4H3;3H2,1-2H3;1H3;/q;;;;;;;;-1;/p+1/b;;;;2*11-9+;11-7+;;;. The van der Waals surface area contributed by atoms with Crippen molar-refractivity contribution in [3.05, 3.63) is 342 Å². The molecule has 5 aromatic carbocycles. The Kier molecular flexibility index (Phi) is 62.2. The van der Waals surface area contributed by atoms with Crippen LogP contribution in [0.1, 0.15) is 301 Å². The minimum Gasteiger partial charge on any atom is -0.497 e. The number of nitrogens with zero attached hydrogens (tertiary/aromatic N) is 4. The third-order valence-corrected chi connectivity index (χ3v) is 34.9. The van der Waals surface area contributed by atoms with Crippen LogP contribution in [0.15, 0.2) is 278 Å². The zero-order valence-electron chi connectivity index (χ0n) is 89.8. The molecule has 10 nitrogen and oxygen atoms in total. The monoisotopic (exact) mass is 2050 g/mol. The number of fused-ring (bicyclic) bond motifs is 2. The van der Waals surface area contributed by atoms with Crippen LogP contribution in [0.5, 0.6) is 17.2 Å². The van der Waals surface area contributed by atoms with Crippen molar-refractivity contribution in [1.29, 1.82) is 0 Å². The Balaban J connectivity index is 0.000000349. The Hall–Kier alpha value is -8.37. The van der Waals surface area contributed by atoms with E-state index in [1.807, 2.05) is 61.2 Å². The number of aryl methyl sites for hydroxylation is 6. The van der Waals surface area contributed by atoms with Crippen molar-refractivity contribution in [1.82, 2.24) is 19.9 Å². The molecule has 5 aromatic heterocycles. The Morgan fingerprint density at radius 2 is 0.777 bits per heavy atom. The maximum atomic E-state index is 5.60. The number of rotatable bonds is 39. The summed E-state index contributed by atoms with van der Waals surface area (Å²) in [4.78, 5) is 19.1. The first-order valence-electron chi connectivity index (χ1n) is 51.1. The van der Waals surface area contributed by atoms with E-state index in [2.05, 4.69) is 322 Å². The Morgan fingerprint density at radius 3 is 1.11 bits per heavy atom. The summed E-state index contributed by atoms with van der Waals surface area (Å²) in [5.41, 5.74) is 24.1. The molecule has 756 valence electrons. The molecule has 2 aliphatic carbocycles. The Bertz CT molecular complexity index is 4980. The van der Waals surface area contributed by atoms with Gasteiger partial charge in [-0.3, -0.25) is 19.9 Å². The van der Waals surface area contributed by atoms with Crippen molar-refractivity contribution < 1.29 is 48.2 Å². The fourth-order valence-corrected chi connectivity index (χ4v) is 27.3. The number of ether oxygens (including phenoxy) is 3. The second kappa shape index (κ2) is 70.3. The molecule has 1 aliphatic heterocycles. The summed E-state index contributed by atoms with van der Waals surface area (Å²) < 4.78 is 33.4. The molecule has 0 saturated heterocycles. The van der Waals surface area contributed by atoms with Crippen LogP contribution < -0.4 is 35.4 Å². The van der Waals surface area contributed by atoms with Crippen LogP contribution in [0.25, 0.3) is 37.9 Å². The summed E-state index contributed by atoms with van der Waals surface area (Å²) in [7, 11) is 1.55. The third kappa shape index (κ3) is 40.8. The van der Waals surface area contributed by atoms with Crippen LogP contribution in [0.4, 0.5) is 0 Å². The van der Waals surface area contributed by atoms with Crippen molar-refractivity contribution in [3.8, 4) is 44.5 Å². The minimum absolute atomic E-state index is 0. The molecule has 10 aromatic rings. The topological polar surface area (TPSA) is 107 Å². The van der Waals surface area contributed by atoms with E-state index in [0.717, 1.165) is 118 Å².